The van der Waals surface area contributed by atoms with Crippen molar-refractivity contribution < 1.29 is 18.7 Å². The fraction of sp³-hybridized carbons (Fsp3) is 0.351. The number of aromatic hydroxyl groups is 1. The summed E-state index contributed by atoms with van der Waals surface area (Å²) in [5, 5.41) is 15.0. The van der Waals surface area contributed by atoms with Crippen LogP contribution in [0.5, 0.6) is 5.88 Å². The van der Waals surface area contributed by atoms with Gasteiger partial charge in [-0.3, -0.25) is 4.79 Å². The maximum atomic E-state index is 14.2. The number of benzene rings is 3. The van der Waals surface area contributed by atoms with E-state index in [-0.39, 0.29) is 37.3 Å². The number of aromatic nitrogens is 1. The molecule has 11 heteroatoms. The third-order valence-electron chi connectivity index (χ3n) is 9.24. The number of carbonyl (C=O) groups excluding carboxylic acids is 1. The Kier molecular flexibility index (Phi) is 9.14. The van der Waals surface area contributed by atoms with Crippen LogP contribution in [0.4, 0.5) is 20.2 Å². The molecule has 48 heavy (non-hydrogen) atoms. The van der Waals surface area contributed by atoms with Crippen LogP contribution < -0.4 is 10.2 Å². The van der Waals surface area contributed by atoms with Gasteiger partial charge in [-0.25, -0.2) is 18.1 Å². The van der Waals surface area contributed by atoms with Crippen LogP contribution >= 0.6 is 11.9 Å². The van der Waals surface area contributed by atoms with E-state index in [0.29, 0.717) is 32.6 Å². The summed E-state index contributed by atoms with van der Waals surface area (Å²) in [6, 6.07) is 21.6. The SMILES string of the molecule is CN1CCN(c2ccc(N=C(c3ccccc3)c3c(O)[nH]c4cc(C#CC(=O)NC5CCC5)c(SN5CCC(F)(F)C5)cc34)cc2)CC1. The molecule has 0 radical (unpaired) electrons. The summed E-state index contributed by atoms with van der Waals surface area (Å²) in [6.07, 6.45) is 2.76. The molecule has 8 nitrogen and oxygen atoms in total. The summed E-state index contributed by atoms with van der Waals surface area (Å²) in [6.45, 7) is 3.79. The summed E-state index contributed by atoms with van der Waals surface area (Å²) >= 11 is 1.20. The number of nitrogens with one attached hydrogen (secondary N) is 2. The van der Waals surface area contributed by atoms with Crippen molar-refractivity contribution in [3.05, 3.63) is 83.4 Å². The molecule has 2 aliphatic heterocycles. The second-order valence-electron chi connectivity index (χ2n) is 12.8. The van der Waals surface area contributed by atoms with Crippen molar-refractivity contribution in [3.63, 3.8) is 0 Å². The van der Waals surface area contributed by atoms with E-state index in [4.69, 9.17) is 4.99 Å². The van der Waals surface area contributed by atoms with E-state index in [1.165, 1.54) is 11.9 Å². The van der Waals surface area contributed by atoms with Gasteiger partial charge in [-0.05, 0) is 74.7 Å². The maximum absolute atomic E-state index is 14.2. The van der Waals surface area contributed by atoms with Crippen LogP contribution in [-0.4, -0.2) is 89.2 Å². The minimum absolute atomic E-state index is 0.0712. The maximum Gasteiger partial charge on any atom is 0.296 e. The number of hydrogen-bond acceptors (Lipinski definition) is 7. The van der Waals surface area contributed by atoms with Gasteiger partial charge in [-0.2, -0.15) is 0 Å². The third kappa shape index (κ3) is 7.21. The van der Waals surface area contributed by atoms with Crippen LogP contribution in [0.3, 0.4) is 0 Å². The quantitative estimate of drug-likeness (QED) is 0.124. The van der Waals surface area contributed by atoms with Crippen LogP contribution in [0.1, 0.15) is 42.4 Å². The van der Waals surface area contributed by atoms with Gasteiger partial charge in [-0.15, -0.1) is 0 Å². The fourth-order valence-electron chi connectivity index (χ4n) is 6.23. The molecule has 3 aromatic carbocycles. The number of nitrogens with zero attached hydrogens (tertiary/aromatic N) is 4. The summed E-state index contributed by atoms with van der Waals surface area (Å²) in [5.41, 5.74) is 4.84. The number of aliphatic imine (C=N–C) groups is 1. The van der Waals surface area contributed by atoms with Gasteiger partial charge in [0.05, 0.1) is 29.0 Å². The zero-order valence-electron chi connectivity index (χ0n) is 26.8. The normalized spacial score (nSPS) is 18.8. The number of amides is 1. The smallest absolute Gasteiger partial charge is 0.296 e. The van der Waals surface area contributed by atoms with E-state index >= 15 is 0 Å². The Hall–Kier alpha value is -4.37. The predicted octanol–water partition coefficient (Wildman–Crippen LogP) is 6.16. The molecule has 2 saturated heterocycles. The van der Waals surface area contributed by atoms with Crippen molar-refractivity contribution in [1.29, 1.82) is 0 Å². The lowest BCUT2D eigenvalue weighted by molar-refractivity contribution is -0.116. The monoisotopic (exact) mass is 668 g/mol. The van der Waals surface area contributed by atoms with Crippen LogP contribution in [0.15, 0.2) is 76.6 Å². The Morgan fingerprint density at radius 3 is 2.46 bits per heavy atom. The summed E-state index contributed by atoms with van der Waals surface area (Å²) < 4.78 is 30.0. The van der Waals surface area contributed by atoms with Crippen molar-refractivity contribution >= 4 is 45.8 Å². The zero-order valence-corrected chi connectivity index (χ0v) is 27.6. The second-order valence-corrected chi connectivity index (χ2v) is 13.9. The van der Waals surface area contributed by atoms with E-state index in [0.717, 1.165) is 62.4 Å². The summed E-state index contributed by atoms with van der Waals surface area (Å²) in [5.74, 6) is 2.47. The number of carbonyl (C=O) groups is 1. The molecule has 248 valence electrons. The topological polar surface area (TPSA) is 87.2 Å². The van der Waals surface area contributed by atoms with Crippen molar-refractivity contribution in [2.75, 3.05) is 51.2 Å². The molecule has 0 spiro atoms. The number of fused-ring (bicyclic) bond motifs is 1. The molecule has 1 aliphatic carbocycles. The average molecular weight is 669 g/mol. The number of alkyl halides is 2. The first kappa shape index (κ1) is 32.2. The first-order chi connectivity index (χ1) is 23.2. The number of likely N-dealkylation sites (N-methyl/N-ethyl adjacent to an activating group) is 1. The lowest BCUT2D eigenvalue weighted by atomic mass is 9.93. The lowest BCUT2D eigenvalue weighted by Gasteiger charge is -2.34. The molecular formula is C37H38F2N6O2S. The number of aromatic amines is 1. The highest BCUT2D eigenvalue weighted by molar-refractivity contribution is 7.97. The molecule has 1 saturated carbocycles. The number of H-pyrrole nitrogens is 1. The zero-order chi connectivity index (χ0) is 33.3. The van der Waals surface area contributed by atoms with Gasteiger partial charge in [0.1, 0.15) is 0 Å². The van der Waals surface area contributed by atoms with Crippen LogP contribution in [-0.2, 0) is 4.79 Å². The van der Waals surface area contributed by atoms with Gasteiger partial charge >= 0.3 is 0 Å². The largest absolute Gasteiger partial charge is 0.494 e. The fourth-order valence-corrected chi connectivity index (χ4v) is 7.33. The highest BCUT2D eigenvalue weighted by Crippen LogP contribution is 2.40. The van der Waals surface area contributed by atoms with Gasteiger partial charge in [0.25, 0.3) is 11.8 Å². The molecule has 1 aromatic heterocycles. The van der Waals surface area contributed by atoms with Crippen LogP contribution in [0.25, 0.3) is 10.9 Å². The van der Waals surface area contributed by atoms with Crippen molar-refractivity contribution in [3.8, 4) is 17.7 Å². The van der Waals surface area contributed by atoms with Crippen molar-refractivity contribution in [2.45, 2.75) is 42.5 Å². The van der Waals surface area contributed by atoms with E-state index < -0.39 is 5.92 Å². The van der Waals surface area contributed by atoms with Gasteiger partial charge in [-0.1, -0.05) is 36.3 Å². The second kappa shape index (κ2) is 13.6. The number of halogens is 2. The number of hydrogen-bond donors (Lipinski definition) is 3. The minimum Gasteiger partial charge on any atom is -0.494 e. The Morgan fingerprint density at radius 2 is 1.79 bits per heavy atom. The Bertz CT molecular complexity index is 1890. The molecule has 3 N–H and O–H groups in total. The molecule has 0 atom stereocenters. The molecule has 4 aromatic rings. The Labute approximate surface area is 283 Å². The van der Waals surface area contributed by atoms with Crippen LogP contribution in [0.2, 0.25) is 0 Å². The molecule has 3 aliphatic rings. The van der Waals surface area contributed by atoms with Crippen molar-refractivity contribution in [1.82, 2.24) is 19.5 Å². The summed E-state index contributed by atoms with van der Waals surface area (Å²) in [7, 11) is 2.14. The number of anilines is 1. The molecule has 1 amide bonds. The Morgan fingerprint density at radius 1 is 1.04 bits per heavy atom. The van der Waals surface area contributed by atoms with Gasteiger partial charge in [0.15, 0.2) is 5.88 Å². The minimum atomic E-state index is -2.77. The van der Waals surface area contributed by atoms with E-state index in [1.54, 1.807) is 10.4 Å². The highest BCUT2D eigenvalue weighted by Gasteiger charge is 2.39. The van der Waals surface area contributed by atoms with Gasteiger partial charge < -0.3 is 25.2 Å². The van der Waals surface area contributed by atoms with E-state index in [9.17, 15) is 18.7 Å². The standard InChI is InChI=1S/C37H38F2N6O2S/c1-43-18-20-44(21-19-43)29-13-11-28(12-14-29)41-35(25-6-3-2-4-7-25)34-30-23-32(48-45-17-16-37(38,39)24-45)26(22-31(30)42-36(34)47)10-15-33(46)40-27-8-5-9-27/h2-4,6-7,11-14,22-23,27,42,47H,5,8-9,16-21,24H2,1H3,(H,40,46). The molecule has 3 fully saturated rings. The molecule has 0 unspecified atom stereocenters. The Balaban J connectivity index is 1.28. The van der Waals surface area contributed by atoms with Crippen molar-refractivity contribution in [2.24, 2.45) is 4.99 Å². The molecular weight excluding hydrogens is 631 g/mol. The third-order valence-corrected chi connectivity index (χ3v) is 10.3. The van der Waals surface area contributed by atoms with Gasteiger partial charge in [0.2, 0.25) is 0 Å². The molecule has 0 bridgehead atoms. The molecule has 3 heterocycles. The first-order valence-electron chi connectivity index (χ1n) is 16.4. The predicted molar refractivity (Wildman–Crippen MR) is 188 cm³/mol. The summed E-state index contributed by atoms with van der Waals surface area (Å²) in [4.78, 5) is 26.0. The lowest BCUT2D eigenvalue weighted by Crippen LogP contribution is -2.44. The van der Waals surface area contributed by atoms with E-state index in [2.05, 4.69) is 51.1 Å². The average Bonchev–Trinajstić information content (AvgIpc) is 3.57. The first-order valence-corrected chi connectivity index (χ1v) is 17.2. The highest BCUT2D eigenvalue weighted by atomic mass is 32.2. The number of rotatable bonds is 7. The number of piperazine rings is 1. The van der Waals surface area contributed by atoms with Crippen LogP contribution in [0, 0.1) is 11.8 Å². The van der Waals surface area contributed by atoms with E-state index in [1.807, 2.05) is 48.5 Å². The molecule has 7 rings (SSSR count). The van der Waals surface area contributed by atoms with Gasteiger partial charge in [0, 0.05) is 78.2 Å².